The number of para-hydroxylation sites is 1. The number of benzene rings is 1. The first-order chi connectivity index (χ1) is 5.74. The molecule has 0 radical (unpaired) electrons. The summed E-state index contributed by atoms with van der Waals surface area (Å²) < 4.78 is 2.19. The number of hydrogen-bond acceptors (Lipinski definition) is 2. The minimum atomic E-state index is -0.326. The molecule has 0 aliphatic carbocycles. The van der Waals surface area contributed by atoms with Gasteiger partial charge in [0, 0.05) is 5.69 Å². The first-order valence-corrected chi connectivity index (χ1v) is 3.95. The summed E-state index contributed by atoms with van der Waals surface area (Å²) in [4.78, 5) is 10.8. The molecule has 1 rings (SSSR count). The Hall–Kier alpha value is -1.16. The predicted molar refractivity (Wildman–Crippen MR) is 52.3 cm³/mol. The lowest BCUT2D eigenvalue weighted by Gasteiger charge is -2.05. The molecule has 2 N–H and O–H groups in total. The third kappa shape index (κ3) is 2.17. The summed E-state index contributed by atoms with van der Waals surface area (Å²) in [5.41, 5.74) is 1.82. The normalized spacial score (nSPS) is 9.17. The molecule has 0 fully saturated rings. The highest BCUT2D eigenvalue weighted by molar-refractivity contribution is 7.78. The number of nitrogens with one attached hydrogen (secondary N) is 2. The Kier molecular flexibility index (Phi) is 2.99. The van der Waals surface area contributed by atoms with Crippen molar-refractivity contribution in [1.82, 2.24) is 4.72 Å². The van der Waals surface area contributed by atoms with Gasteiger partial charge in [-0.15, -0.1) is 0 Å². The van der Waals surface area contributed by atoms with Gasteiger partial charge in [0.25, 0.3) is 0 Å². The highest BCUT2D eigenvalue weighted by Crippen LogP contribution is 2.12. The molecular weight excluding hydrogens is 172 g/mol. The number of amides is 2. The maximum atomic E-state index is 10.8. The second-order valence-electron chi connectivity index (χ2n) is 2.38. The fraction of sp³-hybridized carbons (Fsp3) is 0.125. The highest BCUT2D eigenvalue weighted by atomic mass is 32.1. The number of aryl methyl sites for hydroxylation is 1. The minimum Gasteiger partial charge on any atom is -0.307 e. The smallest absolute Gasteiger partial charge is 0.307 e. The SMILES string of the molecule is Cc1ccccc1NC(=O)NS. The molecular formula is C8H10N2OS. The maximum absolute atomic E-state index is 10.8. The maximum Gasteiger partial charge on any atom is 0.329 e. The molecule has 2 amide bonds. The van der Waals surface area contributed by atoms with Crippen LogP contribution in [0.3, 0.4) is 0 Å². The molecule has 4 heteroatoms. The number of carbonyl (C=O) groups is 1. The van der Waals surface area contributed by atoms with Gasteiger partial charge < -0.3 is 5.32 Å². The van der Waals surface area contributed by atoms with Crippen LogP contribution in [0.25, 0.3) is 0 Å². The molecule has 0 aromatic heterocycles. The fourth-order valence-electron chi connectivity index (χ4n) is 0.863. The van der Waals surface area contributed by atoms with Crippen molar-refractivity contribution >= 4 is 24.5 Å². The van der Waals surface area contributed by atoms with Crippen LogP contribution in [0.15, 0.2) is 24.3 Å². The van der Waals surface area contributed by atoms with Gasteiger partial charge in [-0.3, -0.25) is 4.72 Å². The van der Waals surface area contributed by atoms with E-state index in [4.69, 9.17) is 0 Å². The Balaban J connectivity index is 2.75. The van der Waals surface area contributed by atoms with E-state index in [1.807, 2.05) is 31.2 Å². The van der Waals surface area contributed by atoms with Crippen LogP contribution in [0.2, 0.25) is 0 Å². The van der Waals surface area contributed by atoms with Crippen LogP contribution in [-0.4, -0.2) is 6.03 Å². The Labute approximate surface area is 76.7 Å². The van der Waals surface area contributed by atoms with E-state index < -0.39 is 0 Å². The third-order valence-corrected chi connectivity index (χ3v) is 1.70. The van der Waals surface area contributed by atoms with E-state index in [-0.39, 0.29) is 6.03 Å². The van der Waals surface area contributed by atoms with E-state index in [9.17, 15) is 4.79 Å². The number of carbonyl (C=O) groups excluding carboxylic acids is 1. The molecule has 0 saturated carbocycles. The van der Waals surface area contributed by atoms with Crippen LogP contribution < -0.4 is 10.0 Å². The molecule has 0 aliphatic heterocycles. The fourth-order valence-corrected chi connectivity index (χ4v) is 0.919. The van der Waals surface area contributed by atoms with Gasteiger partial charge in [-0.25, -0.2) is 4.79 Å². The molecule has 0 unspecified atom stereocenters. The standard InChI is InChI=1S/C8H10N2OS/c1-6-4-2-3-5-7(6)9-8(11)10-12/h2-5,12H,1H3,(H2,9,10,11). The van der Waals surface area contributed by atoms with Crippen molar-refractivity contribution < 1.29 is 4.79 Å². The average molecular weight is 182 g/mol. The van der Waals surface area contributed by atoms with Crippen LogP contribution in [-0.2, 0) is 0 Å². The van der Waals surface area contributed by atoms with Crippen molar-refractivity contribution in [2.45, 2.75) is 6.92 Å². The number of urea groups is 1. The minimum absolute atomic E-state index is 0.326. The van der Waals surface area contributed by atoms with Gasteiger partial charge in [0.1, 0.15) is 0 Å². The topological polar surface area (TPSA) is 41.1 Å². The van der Waals surface area contributed by atoms with Gasteiger partial charge in [0.2, 0.25) is 0 Å². The third-order valence-electron chi connectivity index (χ3n) is 1.49. The van der Waals surface area contributed by atoms with Gasteiger partial charge in [0.15, 0.2) is 0 Å². The van der Waals surface area contributed by atoms with Crippen molar-refractivity contribution in [1.29, 1.82) is 0 Å². The van der Waals surface area contributed by atoms with Crippen molar-refractivity contribution in [2.75, 3.05) is 5.32 Å². The molecule has 64 valence electrons. The number of rotatable bonds is 1. The zero-order chi connectivity index (χ0) is 8.97. The van der Waals surface area contributed by atoms with E-state index >= 15 is 0 Å². The highest BCUT2D eigenvalue weighted by Gasteiger charge is 1.99. The molecule has 0 atom stereocenters. The Morgan fingerprint density at radius 1 is 1.42 bits per heavy atom. The summed E-state index contributed by atoms with van der Waals surface area (Å²) in [6.07, 6.45) is 0. The Morgan fingerprint density at radius 2 is 2.08 bits per heavy atom. The molecule has 0 aliphatic rings. The van der Waals surface area contributed by atoms with Gasteiger partial charge in [-0.1, -0.05) is 31.0 Å². The lowest BCUT2D eigenvalue weighted by molar-refractivity contribution is 0.257. The van der Waals surface area contributed by atoms with E-state index in [0.717, 1.165) is 11.3 Å². The molecule has 0 saturated heterocycles. The van der Waals surface area contributed by atoms with Crippen molar-refractivity contribution in [3.8, 4) is 0 Å². The van der Waals surface area contributed by atoms with E-state index in [1.54, 1.807) is 0 Å². The quantitative estimate of drug-likeness (QED) is 0.571. The lowest BCUT2D eigenvalue weighted by atomic mass is 10.2. The second-order valence-corrected chi connectivity index (χ2v) is 2.60. The number of hydrogen-bond donors (Lipinski definition) is 3. The summed E-state index contributed by atoms with van der Waals surface area (Å²) in [5.74, 6) is 0. The summed E-state index contributed by atoms with van der Waals surface area (Å²) >= 11 is 3.62. The summed E-state index contributed by atoms with van der Waals surface area (Å²) in [7, 11) is 0. The van der Waals surface area contributed by atoms with Crippen molar-refractivity contribution in [3.63, 3.8) is 0 Å². The molecule has 12 heavy (non-hydrogen) atoms. The first kappa shape index (κ1) is 8.93. The average Bonchev–Trinajstić information content (AvgIpc) is 2.09. The van der Waals surface area contributed by atoms with Crippen molar-refractivity contribution in [3.05, 3.63) is 29.8 Å². The molecule has 0 heterocycles. The largest absolute Gasteiger partial charge is 0.329 e. The Bertz CT molecular complexity index is 288. The van der Waals surface area contributed by atoms with Crippen LogP contribution in [0, 0.1) is 6.92 Å². The Morgan fingerprint density at radius 3 is 2.67 bits per heavy atom. The van der Waals surface area contributed by atoms with Gasteiger partial charge in [-0.05, 0) is 18.6 Å². The summed E-state index contributed by atoms with van der Waals surface area (Å²) in [5, 5.41) is 2.63. The van der Waals surface area contributed by atoms with Crippen LogP contribution in [0.4, 0.5) is 10.5 Å². The molecule has 1 aromatic rings. The second kappa shape index (κ2) is 4.01. The number of thiol groups is 1. The monoisotopic (exact) mass is 182 g/mol. The zero-order valence-corrected chi connectivity index (χ0v) is 7.56. The summed E-state index contributed by atoms with van der Waals surface area (Å²) in [6, 6.07) is 7.21. The van der Waals surface area contributed by atoms with Crippen molar-refractivity contribution in [2.24, 2.45) is 0 Å². The van der Waals surface area contributed by atoms with E-state index in [2.05, 4.69) is 22.9 Å². The molecule has 1 aromatic carbocycles. The molecule has 0 bridgehead atoms. The molecule has 0 spiro atoms. The van der Waals surface area contributed by atoms with E-state index in [1.165, 1.54) is 0 Å². The van der Waals surface area contributed by atoms with Crippen LogP contribution in [0.5, 0.6) is 0 Å². The molecule has 3 nitrogen and oxygen atoms in total. The predicted octanol–water partition coefficient (Wildman–Crippen LogP) is 1.96. The van der Waals surface area contributed by atoms with Gasteiger partial charge in [-0.2, -0.15) is 0 Å². The summed E-state index contributed by atoms with van der Waals surface area (Å²) in [6.45, 7) is 1.92. The van der Waals surface area contributed by atoms with Crippen LogP contribution in [0.1, 0.15) is 5.56 Å². The first-order valence-electron chi connectivity index (χ1n) is 3.51. The van der Waals surface area contributed by atoms with E-state index in [0.29, 0.717) is 0 Å². The van der Waals surface area contributed by atoms with Crippen LogP contribution >= 0.6 is 12.8 Å². The zero-order valence-electron chi connectivity index (χ0n) is 6.66. The van der Waals surface area contributed by atoms with Gasteiger partial charge >= 0.3 is 6.03 Å². The van der Waals surface area contributed by atoms with Gasteiger partial charge in [0.05, 0.1) is 0 Å². The number of anilines is 1. The lowest BCUT2D eigenvalue weighted by Crippen LogP contribution is -2.20.